The molecule has 1 aromatic rings. The Bertz CT molecular complexity index is 624. The van der Waals surface area contributed by atoms with Crippen LogP contribution in [0.5, 0.6) is 0 Å². The third-order valence-electron chi connectivity index (χ3n) is 3.51. The Kier molecular flexibility index (Phi) is 4.79. The van der Waals surface area contributed by atoms with Crippen molar-refractivity contribution in [1.82, 2.24) is 4.72 Å². The van der Waals surface area contributed by atoms with Crippen molar-refractivity contribution in [1.29, 1.82) is 0 Å². The first-order valence-corrected chi connectivity index (χ1v) is 8.47. The maximum absolute atomic E-state index is 12.5. The van der Waals surface area contributed by atoms with Crippen LogP contribution in [0.2, 0.25) is 0 Å². The van der Waals surface area contributed by atoms with Gasteiger partial charge in [-0.2, -0.15) is 0 Å². The number of anilines is 1. The number of nitro groups is 1. The molecule has 1 saturated carbocycles. The fourth-order valence-corrected chi connectivity index (χ4v) is 4.02. The molecule has 2 rings (SSSR count). The molecule has 0 spiro atoms. The summed E-state index contributed by atoms with van der Waals surface area (Å²) in [6, 6.07) is 3.76. The van der Waals surface area contributed by atoms with Crippen molar-refractivity contribution in [3.8, 4) is 0 Å². The van der Waals surface area contributed by atoms with Gasteiger partial charge in [0.15, 0.2) is 0 Å². The van der Waals surface area contributed by atoms with Crippen LogP contribution in [0.15, 0.2) is 23.1 Å². The monoisotopic (exact) mass is 313 g/mol. The smallest absolute Gasteiger partial charge is 0.270 e. The highest BCUT2D eigenvalue weighted by Crippen LogP contribution is 2.28. The fourth-order valence-electron chi connectivity index (χ4n) is 2.51. The summed E-state index contributed by atoms with van der Waals surface area (Å²) in [5, 5.41) is 13.8. The standard InChI is InChI=1S/C13H19N3O4S/c1-2-14-12-8-7-11(16(17)18)9-13(12)21(19,20)15-10-5-3-4-6-10/h7-10,14-15H,2-6H2,1H3. The number of benzene rings is 1. The third-order valence-corrected chi connectivity index (χ3v) is 5.07. The van der Waals surface area contributed by atoms with Gasteiger partial charge in [0.1, 0.15) is 4.90 Å². The topological polar surface area (TPSA) is 101 Å². The summed E-state index contributed by atoms with van der Waals surface area (Å²) in [5.41, 5.74) is 0.150. The van der Waals surface area contributed by atoms with E-state index in [1.165, 1.54) is 12.1 Å². The summed E-state index contributed by atoms with van der Waals surface area (Å²) < 4.78 is 27.6. The molecule has 8 heteroatoms. The summed E-state index contributed by atoms with van der Waals surface area (Å²) >= 11 is 0. The van der Waals surface area contributed by atoms with Gasteiger partial charge in [-0.05, 0) is 25.8 Å². The van der Waals surface area contributed by atoms with E-state index in [0.717, 1.165) is 31.7 Å². The van der Waals surface area contributed by atoms with Crippen molar-refractivity contribution in [2.45, 2.75) is 43.5 Å². The molecule has 0 bridgehead atoms. The summed E-state index contributed by atoms with van der Waals surface area (Å²) in [6.45, 7) is 2.37. The molecule has 1 aliphatic rings. The lowest BCUT2D eigenvalue weighted by molar-refractivity contribution is -0.385. The van der Waals surface area contributed by atoms with E-state index in [0.29, 0.717) is 12.2 Å². The summed E-state index contributed by atoms with van der Waals surface area (Å²) in [5.74, 6) is 0. The Morgan fingerprint density at radius 3 is 2.57 bits per heavy atom. The quantitative estimate of drug-likeness (QED) is 0.619. The van der Waals surface area contributed by atoms with Gasteiger partial charge in [0.25, 0.3) is 5.69 Å². The summed E-state index contributed by atoms with van der Waals surface area (Å²) in [6.07, 6.45) is 3.62. The number of nitrogens with zero attached hydrogens (tertiary/aromatic N) is 1. The minimum atomic E-state index is -3.77. The van der Waals surface area contributed by atoms with E-state index >= 15 is 0 Å². The summed E-state index contributed by atoms with van der Waals surface area (Å²) in [7, 11) is -3.77. The van der Waals surface area contributed by atoms with Crippen LogP contribution in [0, 0.1) is 10.1 Å². The zero-order valence-corrected chi connectivity index (χ0v) is 12.6. The van der Waals surface area contributed by atoms with Crippen molar-refractivity contribution < 1.29 is 13.3 Å². The van der Waals surface area contributed by atoms with Crippen LogP contribution < -0.4 is 10.0 Å². The van der Waals surface area contributed by atoms with Crippen LogP contribution in [-0.4, -0.2) is 25.9 Å². The maximum Gasteiger partial charge on any atom is 0.270 e. The zero-order chi connectivity index (χ0) is 15.5. The first-order valence-electron chi connectivity index (χ1n) is 6.98. The Hall–Kier alpha value is -1.67. The van der Waals surface area contributed by atoms with Crippen molar-refractivity contribution in [3.63, 3.8) is 0 Å². The van der Waals surface area contributed by atoms with Crippen LogP contribution in [0.1, 0.15) is 32.6 Å². The molecule has 21 heavy (non-hydrogen) atoms. The van der Waals surface area contributed by atoms with Gasteiger partial charge in [0.05, 0.1) is 10.6 Å². The van der Waals surface area contributed by atoms with Gasteiger partial charge in [-0.1, -0.05) is 12.8 Å². The van der Waals surface area contributed by atoms with E-state index in [1.807, 2.05) is 6.92 Å². The molecule has 0 aliphatic heterocycles. The Labute approximate surface area is 123 Å². The molecule has 0 saturated heterocycles. The van der Waals surface area contributed by atoms with Gasteiger partial charge >= 0.3 is 0 Å². The number of hydrogen-bond acceptors (Lipinski definition) is 5. The largest absolute Gasteiger partial charge is 0.384 e. The molecule has 0 unspecified atom stereocenters. The van der Waals surface area contributed by atoms with Crippen LogP contribution in [0.25, 0.3) is 0 Å². The van der Waals surface area contributed by atoms with Crippen molar-refractivity contribution >= 4 is 21.4 Å². The third kappa shape index (κ3) is 3.70. The molecule has 0 heterocycles. The first-order chi connectivity index (χ1) is 9.94. The lowest BCUT2D eigenvalue weighted by Crippen LogP contribution is -2.33. The Morgan fingerprint density at radius 2 is 2.00 bits per heavy atom. The lowest BCUT2D eigenvalue weighted by atomic mass is 10.3. The van der Waals surface area contributed by atoms with E-state index in [4.69, 9.17) is 0 Å². The Morgan fingerprint density at radius 1 is 1.33 bits per heavy atom. The molecular formula is C13H19N3O4S. The molecule has 0 radical (unpaired) electrons. The van der Waals surface area contributed by atoms with Crippen LogP contribution in [0.3, 0.4) is 0 Å². The van der Waals surface area contributed by atoms with Gasteiger partial charge in [0, 0.05) is 24.7 Å². The minimum absolute atomic E-state index is 0.0644. The van der Waals surface area contributed by atoms with Crippen LogP contribution in [-0.2, 0) is 10.0 Å². The predicted octanol–water partition coefficient (Wildman–Crippen LogP) is 2.25. The maximum atomic E-state index is 12.5. The molecule has 116 valence electrons. The molecule has 2 N–H and O–H groups in total. The molecular weight excluding hydrogens is 294 g/mol. The van der Waals surface area contributed by atoms with Gasteiger partial charge in [-0.15, -0.1) is 0 Å². The zero-order valence-electron chi connectivity index (χ0n) is 11.8. The van der Waals surface area contributed by atoms with Gasteiger partial charge in [-0.3, -0.25) is 10.1 Å². The van der Waals surface area contributed by atoms with Gasteiger partial charge < -0.3 is 5.32 Å². The predicted molar refractivity (Wildman–Crippen MR) is 79.8 cm³/mol. The number of nitrogens with one attached hydrogen (secondary N) is 2. The second-order valence-electron chi connectivity index (χ2n) is 5.07. The number of sulfonamides is 1. The van der Waals surface area contributed by atoms with Gasteiger partial charge in [-0.25, -0.2) is 13.1 Å². The van der Waals surface area contributed by atoms with E-state index in [9.17, 15) is 18.5 Å². The molecule has 1 aliphatic carbocycles. The number of rotatable bonds is 6. The van der Waals surface area contributed by atoms with Crippen LogP contribution in [0.4, 0.5) is 11.4 Å². The van der Waals surface area contributed by atoms with Gasteiger partial charge in [0.2, 0.25) is 10.0 Å². The highest BCUT2D eigenvalue weighted by Gasteiger charge is 2.26. The normalized spacial score (nSPS) is 16.0. The average molecular weight is 313 g/mol. The minimum Gasteiger partial charge on any atom is -0.384 e. The first kappa shape index (κ1) is 15.7. The number of nitro benzene ring substituents is 1. The van der Waals surface area contributed by atoms with Crippen molar-refractivity contribution in [3.05, 3.63) is 28.3 Å². The van der Waals surface area contributed by atoms with Crippen molar-refractivity contribution in [2.24, 2.45) is 0 Å². The number of non-ortho nitro benzene ring substituents is 1. The fraction of sp³-hybridized carbons (Fsp3) is 0.538. The van der Waals surface area contributed by atoms with E-state index in [-0.39, 0.29) is 16.6 Å². The van der Waals surface area contributed by atoms with E-state index in [1.54, 1.807) is 0 Å². The number of hydrogen-bond donors (Lipinski definition) is 2. The summed E-state index contributed by atoms with van der Waals surface area (Å²) in [4.78, 5) is 10.2. The molecule has 1 aromatic carbocycles. The Balaban J connectivity index is 2.37. The highest BCUT2D eigenvalue weighted by atomic mass is 32.2. The molecule has 0 atom stereocenters. The average Bonchev–Trinajstić information content (AvgIpc) is 2.91. The van der Waals surface area contributed by atoms with Crippen LogP contribution >= 0.6 is 0 Å². The lowest BCUT2D eigenvalue weighted by Gasteiger charge is -2.15. The molecule has 0 amide bonds. The molecule has 0 aromatic heterocycles. The van der Waals surface area contributed by atoms with E-state index in [2.05, 4.69) is 10.0 Å². The second-order valence-corrected chi connectivity index (χ2v) is 6.75. The van der Waals surface area contributed by atoms with E-state index < -0.39 is 14.9 Å². The molecule has 1 fully saturated rings. The second kappa shape index (κ2) is 6.40. The highest BCUT2D eigenvalue weighted by molar-refractivity contribution is 7.89. The SMILES string of the molecule is CCNc1ccc([N+](=O)[O-])cc1S(=O)(=O)NC1CCCC1. The molecule has 7 nitrogen and oxygen atoms in total. The van der Waals surface area contributed by atoms with Crippen molar-refractivity contribution in [2.75, 3.05) is 11.9 Å².